The molecule has 12 heavy (non-hydrogen) atoms. The van der Waals surface area contributed by atoms with Crippen LogP contribution < -0.4 is 0 Å². The van der Waals surface area contributed by atoms with E-state index in [-0.39, 0.29) is 11.8 Å². The molecule has 0 bridgehead atoms. The molecule has 0 aliphatic rings. The molecule has 70 valence electrons. The smallest absolute Gasteiger partial charge is 0.346 e. The van der Waals surface area contributed by atoms with Gasteiger partial charge in [-0.05, 0) is 6.92 Å². The molecule has 0 aromatic heterocycles. The Morgan fingerprint density at radius 2 is 1.83 bits per heavy atom. The number of rotatable bonds is 4. The van der Waals surface area contributed by atoms with Crippen molar-refractivity contribution in [2.24, 2.45) is 0 Å². The number of hydrogen-bond donors (Lipinski definition) is 4. The molecule has 0 aliphatic heterocycles. The summed E-state index contributed by atoms with van der Waals surface area (Å²) in [6.07, 6.45) is 0. The lowest BCUT2D eigenvalue weighted by Gasteiger charge is -2.18. The van der Waals surface area contributed by atoms with E-state index in [1.807, 2.05) is 0 Å². The first-order valence-corrected chi connectivity index (χ1v) is 3.70. The van der Waals surface area contributed by atoms with E-state index < -0.39 is 22.3 Å². The highest BCUT2D eigenvalue weighted by Crippen LogP contribution is 2.25. The van der Waals surface area contributed by atoms with Crippen molar-refractivity contribution in [2.45, 2.75) is 17.3 Å². The Hall–Kier alpha value is -0.790. The average molecular weight is 196 g/mol. The SMILES string of the molecule is CC(O)(SC(O)C(=O)O)C(=O)O. The van der Waals surface area contributed by atoms with E-state index in [1.165, 1.54) is 0 Å². The topological polar surface area (TPSA) is 115 Å². The molecule has 2 atom stereocenters. The predicted molar refractivity (Wildman–Crippen MR) is 39.5 cm³/mol. The molecule has 0 spiro atoms. The Morgan fingerprint density at radius 1 is 1.42 bits per heavy atom. The molecule has 6 nitrogen and oxygen atoms in total. The van der Waals surface area contributed by atoms with Crippen LogP contribution in [-0.2, 0) is 9.59 Å². The fourth-order valence-corrected chi connectivity index (χ4v) is 0.955. The highest BCUT2D eigenvalue weighted by Gasteiger charge is 2.35. The standard InChI is InChI=1S/C5H8O6S/c1-5(11,4(9)10)12-3(8)2(6)7/h3,8,11H,1H3,(H,6,7)(H,9,10). The molecule has 0 saturated heterocycles. The van der Waals surface area contributed by atoms with E-state index in [0.29, 0.717) is 0 Å². The number of aliphatic hydroxyl groups excluding tert-OH is 1. The minimum Gasteiger partial charge on any atom is -0.479 e. The Morgan fingerprint density at radius 3 is 2.08 bits per heavy atom. The van der Waals surface area contributed by atoms with Gasteiger partial charge in [0, 0.05) is 0 Å². The van der Waals surface area contributed by atoms with Crippen molar-refractivity contribution in [2.75, 3.05) is 0 Å². The van der Waals surface area contributed by atoms with E-state index >= 15 is 0 Å². The molecule has 2 unspecified atom stereocenters. The third kappa shape index (κ3) is 3.07. The number of carbonyl (C=O) groups is 2. The van der Waals surface area contributed by atoms with Crippen LogP contribution in [0.4, 0.5) is 0 Å². The molecule has 0 aliphatic carbocycles. The summed E-state index contributed by atoms with van der Waals surface area (Å²) >= 11 is 0.0301. The zero-order valence-corrected chi connectivity index (χ0v) is 6.91. The van der Waals surface area contributed by atoms with Gasteiger partial charge in [-0.2, -0.15) is 0 Å². The van der Waals surface area contributed by atoms with Crippen LogP contribution in [0.2, 0.25) is 0 Å². The summed E-state index contributed by atoms with van der Waals surface area (Å²) in [5.74, 6) is -3.20. The maximum absolute atomic E-state index is 10.2. The highest BCUT2D eigenvalue weighted by molar-refractivity contribution is 8.02. The van der Waals surface area contributed by atoms with Crippen LogP contribution in [0.5, 0.6) is 0 Å². The summed E-state index contributed by atoms with van der Waals surface area (Å²) in [6, 6.07) is 0. The Bertz CT molecular complexity index is 200. The van der Waals surface area contributed by atoms with Gasteiger partial charge < -0.3 is 20.4 Å². The van der Waals surface area contributed by atoms with E-state index in [2.05, 4.69) is 0 Å². The molecule has 0 amide bonds. The van der Waals surface area contributed by atoms with Crippen molar-refractivity contribution in [3.8, 4) is 0 Å². The molecule has 0 aromatic rings. The van der Waals surface area contributed by atoms with E-state index in [9.17, 15) is 9.59 Å². The first kappa shape index (κ1) is 11.2. The lowest BCUT2D eigenvalue weighted by Crippen LogP contribution is -2.35. The zero-order chi connectivity index (χ0) is 9.94. The first-order chi connectivity index (χ1) is 5.27. The molecule has 4 N–H and O–H groups in total. The molecular weight excluding hydrogens is 188 g/mol. The number of aliphatic carboxylic acids is 2. The van der Waals surface area contributed by atoms with Crippen LogP contribution in [-0.4, -0.2) is 42.7 Å². The van der Waals surface area contributed by atoms with E-state index in [1.54, 1.807) is 0 Å². The van der Waals surface area contributed by atoms with Gasteiger partial charge in [-0.1, -0.05) is 11.8 Å². The fourth-order valence-electron chi connectivity index (χ4n) is 0.318. The largest absolute Gasteiger partial charge is 0.479 e. The minimum atomic E-state index is -2.29. The van der Waals surface area contributed by atoms with Crippen molar-refractivity contribution in [3.63, 3.8) is 0 Å². The summed E-state index contributed by atoms with van der Waals surface area (Å²) < 4.78 is 0. The van der Waals surface area contributed by atoms with Gasteiger partial charge in [0.2, 0.25) is 10.4 Å². The second-order valence-electron chi connectivity index (χ2n) is 2.10. The molecule has 0 aromatic carbocycles. The summed E-state index contributed by atoms with van der Waals surface area (Å²) in [6.45, 7) is 0.881. The molecular formula is C5H8O6S. The predicted octanol–water partition coefficient (Wildman–Crippen LogP) is -1.08. The Kier molecular flexibility index (Phi) is 3.50. The van der Waals surface area contributed by atoms with Crippen LogP contribution in [0.25, 0.3) is 0 Å². The van der Waals surface area contributed by atoms with Gasteiger partial charge in [-0.15, -0.1) is 0 Å². The summed E-state index contributed by atoms with van der Waals surface area (Å²) in [7, 11) is 0. The molecule has 0 fully saturated rings. The van der Waals surface area contributed by atoms with Crippen molar-refractivity contribution < 1.29 is 30.0 Å². The van der Waals surface area contributed by atoms with Gasteiger partial charge in [0.05, 0.1) is 0 Å². The maximum Gasteiger partial charge on any atom is 0.346 e. The third-order valence-corrected chi connectivity index (χ3v) is 2.01. The molecule has 0 saturated carbocycles. The van der Waals surface area contributed by atoms with Crippen LogP contribution >= 0.6 is 11.8 Å². The Labute approximate surface area is 71.8 Å². The van der Waals surface area contributed by atoms with Gasteiger partial charge in [0.25, 0.3) is 0 Å². The van der Waals surface area contributed by atoms with Gasteiger partial charge in [-0.25, -0.2) is 9.59 Å². The number of aliphatic hydroxyl groups is 2. The van der Waals surface area contributed by atoms with Crippen LogP contribution in [0.1, 0.15) is 6.92 Å². The highest BCUT2D eigenvalue weighted by atomic mass is 32.2. The normalized spacial score (nSPS) is 17.9. The number of carboxylic acid groups (broad SMARTS) is 2. The molecule has 7 heteroatoms. The fraction of sp³-hybridized carbons (Fsp3) is 0.600. The van der Waals surface area contributed by atoms with Crippen LogP contribution in [0.15, 0.2) is 0 Å². The van der Waals surface area contributed by atoms with Crippen molar-refractivity contribution in [3.05, 3.63) is 0 Å². The molecule has 0 rings (SSSR count). The van der Waals surface area contributed by atoms with E-state index in [4.69, 9.17) is 20.4 Å². The molecule has 0 radical (unpaired) electrons. The van der Waals surface area contributed by atoms with Crippen molar-refractivity contribution in [1.82, 2.24) is 0 Å². The van der Waals surface area contributed by atoms with Crippen molar-refractivity contribution >= 4 is 23.7 Å². The minimum absolute atomic E-state index is 0.0301. The second kappa shape index (κ2) is 3.74. The van der Waals surface area contributed by atoms with Gasteiger partial charge in [-0.3, -0.25) is 0 Å². The lowest BCUT2D eigenvalue weighted by molar-refractivity contribution is -0.148. The van der Waals surface area contributed by atoms with Crippen LogP contribution in [0, 0.1) is 0 Å². The van der Waals surface area contributed by atoms with E-state index in [0.717, 1.165) is 6.92 Å². The summed E-state index contributed by atoms with van der Waals surface area (Å²) in [5.41, 5.74) is -1.95. The quantitative estimate of drug-likeness (QED) is 0.422. The Balaban J connectivity index is 4.24. The van der Waals surface area contributed by atoms with Crippen molar-refractivity contribution in [1.29, 1.82) is 0 Å². The second-order valence-corrected chi connectivity index (χ2v) is 3.57. The first-order valence-electron chi connectivity index (χ1n) is 2.82. The maximum atomic E-state index is 10.2. The number of carboxylic acids is 2. The summed E-state index contributed by atoms with van der Waals surface area (Å²) in [4.78, 5) is 17.9. The monoisotopic (exact) mass is 196 g/mol. The van der Waals surface area contributed by atoms with Gasteiger partial charge in [0.1, 0.15) is 0 Å². The van der Waals surface area contributed by atoms with Gasteiger partial charge >= 0.3 is 11.9 Å². The lowest BCUT2D eigenvalue weighted by atomic mass is 10.4. The summed E-state index contributed by atoms with van der Waals surface area (Å²) in [5, 5.41) is 34.1. The molecule has 0 heterocycles. The third-order valence-electron chi connectivity index (χ3n) is 0.949. The van der Waals surface area contributed by atoms with Crippen LogP contribution in [0.3, 0.4) is 0 Å². The van der Waals surface area contributed by atoms with Gasteiger partial charge in [0.15, 0.2) is 0 Å². The zero-order valence-electron chi connectivity index (χ0n) is 6.09. The number of hydrogen-bond acceptors (Lipinski definition) is 5. The number of thioether (sulfide) groups is 1. The average Bonchev–Trinajstić information content (AvgIpc) is 1.85.